The van der Waals surface area contributed by atoms with Gasteiger partial charge in [0.05, 0.1) is 16.5 Å². The van der Waals surface area contributed by atoms with Crippen LogP contribution in [-0.4, -0.2) is 68.3 Å². The van der Waals surface area contributed by atoms with Crippen LogP contribution in [0.5, 0.6) is 0 Å². The zero-order valence-corrected chi connectivity index (χ0v) is 20.7. The largest absolute Gasteiger partial charge is 0.459 e. The Morgan fingerprint density at radius 1 is 1.06 bits per heavy atom. The number of benzene rings is 1. The molecule has 2 atom stereocenters. The lowest BCUT2D eigenvalue weighted by Gasteiger charge is -2.38. The van der Waals surface area contributed by atoms with Crippen LogP contribution in [0.25, 0.3) is 0 Å². The highest BCUT2D eigenvalue weighted by Crippen LogP contribution is 2.37. The Labute approximate surface area is 206 Å². The van der Waals surface area contributed by atoms with Crippen molar-refractivity contribution >= 4 is 29.0 Å². The summed E-state index contributed by atoms with van der Waals surface area (Å²) in [4.78, 5) is 18.2. The van der Waals surface area contributed by atoms with Crippen molar-refractivity contribution in [3.63, 3.8) is 0 Å². The standard InChI is InChI=1S/C24H26N6O2S2/c1-17(18-7-4-3-5-8-18)30-23(25-26-27-30)22(20-10-11-21(33-2)34-20)28-12-14-29(15-13-28)24(31)19-9-6-16-32-19/h3-11,16-17,22H,12-15H2,1-2H3/t17-,22?/m0/s1. The first kappa shape index (κ1) is 22.8. The molecule has 0 spiro atoms. The van der Waals surface area contributed by atoms with E-state index in [2.05, 4.69) is 57.9 Å². The number of nitrogens with zero attached hydrogens (tertiary/aromatic N) is 6. The summed E-state index contributed by atoms with van der Waals surface area (Å²) < 4.78 is 8.50. The second-order valence-corrected chi connectivity index (χ2v) is 10.4. The minimum atomic E-state index is -0.0899. The number of furan rings is 1. The molecule has 176 valence electrons. The third-order valence-corrected chi connectivity index (χ3v) is 8.40. The van der Waals surface area contributed by atoms with Crippen LogP contribution in [0, 0.1) is 0 Å². The summed E-state index contributed by atoms with van der Waals surface area (Å²) in [6, 6.07) is 18.0. The lowest BCUT2D eigenvalue weighted by atomic mass is 10.1. The highest BCUT2D eigenvalue weighted by atomic mass is 32.2. The van der Waals surface area contributed by atoms with Crippen LogP contribution in [0.3, 0.4) is 0 Å². The summed E-state index contributed by atoms with van der Waals surface area (Å²) in [6.45, 7) is 4.79. The van der Waals surface area contributed by atoms with Gasteiger partial charge in [-0.3, -0.25) is 9.69 Å². The van der Waals surface area contributed by atoms with Crippen molar-refractivity contribution in [2.24, 2.45) is 0 Å². The minimum Gasteiger partial charge on any atom is -0.459 e. The molecule has 8 nitrogen and oxygen atoms in total. The maximum atomic E-state index is 12.8. The summed E-state index contributed by atoms with van der Waals surface area (Å²) in [5, 5.41) is 13.0. The number of piperazine rings is 1. The first-order valence-corrected chi connectivity index (χ1v) is 13.2. The van der Waals surface area contributed by atoms with Gasteiger partial charge in [0.1, 0.15) is 6.04 Å². The molecule has 1 saturated heterocycles. The molecule has 1 aliphatic heterocycles. The molecule has 0 radical (unpaired) electrons. The molecule has 0 bridgehead atoms. The van der Waals surface area contributed by atoms with Crippen molar-refractivity contribution in [1.82, 2.24) is 30.0 Å². The van der Waals surface area contributed by atoms with Crippen LogP contribution in [0.2, 0.25) is 0 Å². The van der Waals surface area contributed by atoms with Crippen LogP contribution >= 0.6 is 23.1 Å². The molecule has 0 aliphatic carbocycles. The van der Waals surface area contributed by atoms with E-state index < -0.39 is 0 Å². The molecular weight excluding hydrogens is 468 g/mol. The number of rotatable bonds is 7. The van der Waals surface area contributed by atoms with Crippen molar-refractivity contribution in [3.05, 3.63) is 82.9 Å². The lowest BCUT2D eigenvalue weighted by molar-refractivity contribution is 0.0561. The van der Waals surface area contributed by atoms with Gasteiger partial charge in [-0.15, -0.1) is 28.2 Å². The van der Waals surface area contributed by atoms with Gasteiger partial charge in [0, 0.05) is 31.1 Å². The number of carbonyl (C=O) groups is 1. The quantitative estimate of drug-likeness (QED) is 0.356. The Kier molecular flexibility index (Phi) is 6.80. The Morgan fingerprint density at radius 2 is 1.85 bits per heavy atom. The molecule has 1 fully saturated rings. The normalized spacial score (nSPS) is 16.5. The van der Waals surface area contributed by atoms with Gasteiger partial charge in [-0.2, -0.15) is 0 Å². The van der Waals surface area contributed by atoms with E-state index in [4.69, 9.17) is 4.42 Å². The van der Waals surface area contributed by atoms with Crippen LogP contribution < -0.4 is 0 Å². The van der Waals surface area contributed by atoms with Crippen LogP contribution in [0.1, 0.15) is 45.8 Å². The molecule has 0 N–H and O–H groups in total. The summed E-state index contributed by atoms with van der Waals surface area (Å²) in [5.74, 6) is 1.13. The third kappa shape index (κ3) is 4.53. The maximum absolute atomic E-state index is 12.8. The van der Waals surface area contributed by atoms with E-state index in [1.807, 2.05) is 27.8 Å². The average Bonchev–Trinajstić information content (AvgIpc) is 3.67. The van der Waals surface area contributed by atoms with Gasteiger partial charge in [-0.25, -0.2) is 4.68 Å². The highest BCUT2D eigenvalue weighted by molar-refractivity contribution is 8.00. The van der Waals surface area contributed by atoms with E-state index in [0.29, 0.717) is 18.8 Å². The zero-order valence-electron chi connectivity index (χ0n) is 19.1. The number of thiophene rings is 1. The Morgan fingerprint density at radius 3 is 2.53 bits per heavy atom. The smallest absolute Gasteiger partial charge is 0.289 e. The van der Waals surface area contributed by atoms with E-state index in [0.717, 1.165) is 24.5 Å². The van der Waals surface area contributed by atoms with Crippen molar-refractivity contribution < 1.29 is 9.21 Å². The number of aromatic nitrogens is 4. The fourth-order valence-corrected chi connectivity index (χ4v) is 6.03. The van der Waals surface area contributed by atoms with E-state index in [9.17, 15) is 4.79 Å². The molecule has 1 aromatic carbocycles. The second-order valence-electron chi connectivity index (χ2n) is 8.14. The SMILES string of the molecule is CSc1ccc(C(c2nnnn2[C@@H](C)c2ccccc2)N2CCN(C(=O)c3ccco3)CC2)s1. The maximum Gasteiger partial charge on any atom is 0.289 e. The fraction of sp³-hybridized carbons (Fsp3) is 0.333. The van der Waals surface area contributed by atoms with Gasteiger partial charge in [-0.05, 0) is 53.4 Å². The molecule has 10 heteroatoms. The molecule has 34 heavy (non-hydrogen) atoms. The summed E-state index contributed by atoms with van der Waals surface area (Å²) >= 11 is 3.51. The molecule has 1 amide bonds. The van der Waals surface area contributed by atoms with Gasteiger partial charge in [0.2, 0.25) is 0 Å². The van der Waals surface area contributed by atoms with Crippen molar-refractivity contribution in [2.45, 2.75) is 23.2 Å². The summed E-state index contributed by atoms with van der Waals surface area (Å²) in [6.07, 6.45) is 3.62. The number of thioether (sulfide) groups is 1. The molecule has 4 heterocycles. The minimum absolute atomic E-state index is 0.00416. The number of hydrogen-bond donors (Lipinski definition) is 0. The molecule has 3 aromatic heterocycles. The Bertz CT molecular complexity index is 1220. The van der Waals surface area contributed by atoms with E-state index >= 15 is 0 Å². The predicted molar refractivity (Wildman–Crippen MR) is 132 cm³/mol. The fourth-order valence-electron chi connectivity index (χ4n) is 4.33. The molecular formula is C24H26N6O2S2. The average molecular weight is 495 g/mol. The van der Waals surface area contributed by atoms with Gasteiger partial charge < -0.3 is 9.32 Å². The third-order valence-electron chi connectivity index (χ3n) is 6.18. The molecule has 5 rings (SSSR count). The van der Waals surface area contributed by atoms with Crippen molar-refractivity contribution in [3.8, 4) is 0 Å². The predicted octanol–water partition coefficient (Wildman–Crippen LogP) is 4.21. The van der Waals surface area contributed by atoms with E-state index in [-0.39, 0.29) is 18.0 Å². The molecule has 4 aromatic rings. The second kappa shape index (κ2) is 10.1. The summed E-state index contributed by atoms with van der Waals surface area (Å²) in [7, 11) is 0. The van der Waals surface area contributed by atoms with Crippen LogP contribution in [0.4, 0.5) is 0 Å². The van der Waals surface area contributed by atoms with Gasteiger partial charge in [0.15, 0.2) is 11.6 Å². The van der Waals surface area contributed by atoms with Gasteiger partial charge >= 0.3 is 0 Å². The molecule has 0 saturated carbocycles. The first-order chi connectivity index (χ1) is 16.7. The van der Waals surface area contributed by atoms with Crippen molar-refractivity contribution in [1.29, 1.82) is 0 Å². The first-order valence-electron chi connectivity index (χ1n) is 11.2. The zero-order chi connectivity index (χ0) is 23.5. The van der Waals surface area contributed by atoms with Gasteiger partial charge in [-0.1, -0.05) is 30.3 Å². The topological polar surface area (TPSA) is 80.3 Å². The van der Waals surface area contributed by atoms with E-state index in [1.165, 1.54) is 15.3 Å². The number of tetrazole rings is 1. The van der Waals surface area contributed by atoms with Crippen LogP contribution in [0.15, 0.2) is 69.5 Å². The monoisotopic (exact) mass is 494 g/mol. The highest BCUT2D eigenvalue weighted by Gasteiger charge is 2.34. The molecule has 1 unspecified atom stereocenters. The number of amides is 1. The number of carbonyl (C=O) groups excluding carboxylic acids is 1. The van der Waals surface area contributed by atoms with E-state index in [1.54, 1.807) is 35.2 Å². The lowest BCUT2D eigenvalue weighted by Crippen LogP contribution is -2.50. The Balaban J connectivity index is 1.43. The van der Waals surface area contributed by atoms with Crippen LogP contribution in [-0.2, 0) is 0 Å². The molecule has 1 aliphatic rings. The van der Waals surface area contributed by atoms with Gasteiger partial charge in [0.25, 0.3) is 5.91 Å². The summed E-state index contributed by atoms with van der Waals surface area (Å²) in [5.41, 5.74) is 1.15. The van der Waals surface area contributed by atoms with Crippen molar-refractivity contribution in [2.75, 3.05) is 32.4 Å². The number of hydrogen-bond acceptors (Lipinski definition) is 8. The Hall–Kier alpha value is -2.95.